The van der Waals surface area contributed by atoms with Crippen molar-refractivity contribution >= 4 is 151 Å². The van der Waals surface area contributed by atoms with Crippen LogP contribution in [-0.4, -0.2) is 0 Å². The van der Waals surface area contributed by atoms with E-state index in [1.54, 1.807) is 0 Å². The molecule has 0 bridgehead atoms. The molecule has 134 valence electrons. The summed E-state index contributed by atoms with van der Waals surface area (Å²) in [4.78, 5) is -0.355. The summed E-state index contributed by atoms with van der Waals surface area (Å²) >= 11 is 41.6. The van der Waals surface area contributed by atoms with Crippen LogP contribution in [0.1, 0.15) is 27.1 Å². The van der Waals surface area contributed by atoms with Crippen molar-refractivity contribution in [1.29, 1.82) is 0 Å². The Balaban J connectivity index is 2.56. The molecule has 1 aliphatic carbocycles. The van der Waals surface area contributed by atoms with Gasteiger partial charge in [-0.15, -0.1) is 0 Å². The molecule has 0 heterocycles. The van der Waals surface area contributed by atoms with E-state index in [-0.39, 0.29) is 14.9 Å². The average Bonchev–Trinajstić information content (AvgIpc) is 2.55. The zero-order valence-electron chi connectivity index (χ0n) is 11.2. The van der Waals surface area contributed by atoms with Crippen LogP contribution in [0.5, 0.6) is 0 Å². The van der Waals surface area contributed by atoms with Crippen LogP contribution < -0.4 is 0 Å². The van der Waals surface area contributed by atoms with E-state index in [0.717, 1.165) is 19.0 Å². The molecule has 0 spiro atoms. The van der Waals surface area contributed by atoms with Gasteiger partial charge in [-0.3, -0.25) is 0 Å². The third-order valence-electron chi connectivity index (χ3n) is 3.74. The van der Waals surface area contributed by atoms with Crippen molar-refractivity contribution < 1.29 is 4.39 Å². The van der Waals surface area contributed by atoms with E-state index in [4.69, 9.17) is 23.2 Å². The third kappa shape index (κ3) is 3.29. The van der Waals surface area contributed by atoms with Crippen molar-refractivity contribution in [3.8, 4) is 0 Å². The summed E-state index contributed by atoms with van der Waals surface area (Å²) in [7, 11) is 0. The number of rotatable bonds is 0. The van der Waals surface area contributed by atoms with Crippen LogP contribution in [0.15, 0.2) is 31.3 Å². The first kappa shape index (κ1) is 22.5. The van der Waals surface area contributed by atoms with Crippen LogP contribution in [0.4, 0.5) is 4.39 Å². The van der Waals surface area contributed by atoms with Gasteiger partial charge < -0.3 is 0 Å². The fraction of sp³-hybridized carbons (Fsp3) is 0.143. The third-order valence-corrected chi connectivity index (χ3v) is 13.6. The van der Waals surface area contributed by atoms with Crippen molar-refractivity contribution in [1.82, 2.24) is 0 Å². The first-order valence-corrected chi connectivity index (χ1v) is 13.4. The Hall–Kier alpha value is 2.79. The van der Waals surface area contributed by atoms with Gasteiger partial charge in [0.15, 0.2) is 4.33 Å². The smallest absolute Gasteiger partial charge is 0.172 e. The van der Waals surface area contributed by atoms with E-state index in [2.05, 4.69) is 127 Å². The number of fused-ring (bicyclic) bond motifs is 2. The molecule has 0 aromatic heterocycles. The second-order valence-electron chi connectivity index (χ2n) is 5.03. The zero-order chi connectivity index (χ0) is 19.0. The van der Waals surface area contributed by atoms with E-state index in [0.29, 0.717) is 24.5 Å². The van der Waals surface area contributed by atoms with E-state index in [1.165, 1.54) is 0 Å². The van der Waals surface area contributed by atoms with Gasteiger partial charge >= 0.3 is 0 Å². The molecule has 3 rings (SSSR count). The molecule has 2 aromatic carbocycles. The molecule has 0 aliphatic heterocycles. The Bertz CT molecular complexity index is 870. The highest BCUT2D eigenvalue weighted by Gasteiger charge is 2.48. The first-order chi connectivity index (χ1) is 11.4. The second kappa shape index (κ2) is 7.80. The molecule has 0 N–H and O–H groups in total. The van der Waals surface area contributed by atoms with Gasteiger partial charge in [0.2, 0.25) is 0 Å². The maximum atomic E-state index is 15.2. The molecule has 1 unspecified atom stereocenters. The molecular formula is C14HBr8Cl2F. The normalized spacial score (nSPS) is 18.1. The summed E-state index contributed by atoms with van der Waals surface area (Å²) in [5.74, 6) is -0.521. The molecule has 11 heteroatoms. The maximum absolute atomic E-state index is 15.2. The molecule has 2 aromatic rings. The molecule has 1 aliphatic rings. The van der Waals surface area contributed by atoms with Crippen LogP contribution in [0, 0.1) is 5.82 Å². The van der Waals surface area contributed by atoms with Crippen molar-refractivity contribution in [2.45, 2.75) is 9.16 Å². The molecule has 0 fully saturated rings. The fourth-order valence-electron chi connectivity index (χ4n) is 2.66. The van der Waals surface area contributed by atoms with Crippen LogP contribution in [0.25, 0.3) is 0 Å². The monoisotopic (exact) mass is 889 g/mol. The minimum atomic E-state index is -1.62. The highest BCUT2D eigenvalue weighted by atomic mass is 79.9. The maximum Gasteiger partial charge on any atom is 0.172 e. The highest BCUT2D eigenvalue weighted by molar-refractivity contribution is 9.15. The highest BCUT2D eigenvalue weighted by Crippen LogP contribution is 2.62. The lowest BCUT2D eigenvalue weighted by Gasteiger charge is -2.37. The van der Waals surface area contributed by atoms with Gasteiger partial charge in [-0.05, 0) is 123 Å². The summed E-state index contributed by atoms with van der Waals surface area (Å²) in [6.07, 6.45) is 0. The van der Waals surface area contributed by atoms with E-state index in [1.807, 2.05) is 0 Å². The Morgan fingerprint density at radius 1 is 0.640 bits per heavy atom. The number of benzene rings is 2. The molecule has 0 nitrogen and oxygen atoms in total. The minimum absolute atomic E-state index is 0.189. The molecule has 25 heavy (non-hydrogen) atoms. The van der Waals surface area contributed by atoms with Gasteiger partial charge in [-0.25, -0.2) is 4.39 Å². The molecular weight excluding hydrogens is 897 g/mol. The van der Waals surface area contributed by atoms with Crippen LogP contribution in [-0.2, 0) is 4.33 Å². The van der Waals surface area contributed by atoms with E-state index in [9.17, 15) is 0 Å². The van der Waals surface area contributed by atoms with Crippen molar-refractivity contribution in [3.05, 3.63) is 59.4 Å². The standard InChI is InChI=1S/C14HBr8Cl2F/c15-5-1-3(8(18)11(21)9(19)6(1)16)14(23,24)4-2(5)7(17)10(20)12(22)13(4)25/h5H. The predicted molar refractivity (Wildman–Crippen MR) is 130 cm³/mol. The lowest BCUT2D eigenvalue weighted by atomic mass is 9.84. The van der Waals surface area contributed by atoms with Crippen molar-refractivity contribution in [2.75, 3.05) is 0 Å². The SMILES string of the molecule is Fc1c(Br)c(Br)c(Br)c2c1C(Cl)(Cl)c1c(Br)c(Br)c(Br)c(Br)c1C2Br. The van der Waals surface area contributed by atoms with Crippen LogP contribution in [0.3, 0.4) is 0 Å². The number of halogens is 11. The van der Waals surface area contributed by atoms with Gasteiger partial charge in [-0.2, -0.15) is 0 Å². The number of hydrogen-bond donors (Lipinski definition) is 0. The van der Waals surface area contributed by atoms with Crippen LogP contribution >= 0.6 is 151 Å². The average molecular weight is 898 g/mol. The molecule has 1 atom stereocenters. The molecule has 0 saturated carbocycles. The van der Waals surface area contributed by atoms with Gasteiger partial charge in [0.25, 0.3) is 0 Å². The quantitative estimate of drug-likeness (QED) is 0.140. The first-order valence-electron chi connectivity index (χ1n) is 6.19. The summed E-state index contributed by atoms with van der Waals surface area (Å²) in [5.41, 5.74) is 2.17. The molecule has 0 radical (unpaired) electrons. The molecule has 0 saturated heterocycles. The summed E-state index contributed by atoms with van der Waals surface area (Å²) < 4.78 is 17.9. The lowest BCUT2D eigenvalue weighted by molar-refractivity contribution is 0.591. The lowest BCUT2D eigenvalue weighted by Crippen LogP contribution is -2.27. The zero-order valence-corrected chi connectivity index (χ0v) is 25.4. The summed E-state index contributed by atoms with van der Waals surface area (Å²) in [5, 5.41) is 0. The van der Waals surface area contributed by atoms with Crippen molar-refractivity contribution in [2.24, 2.45) is 0 Å². The van der Waals surface area contributed by atoms with Gasteiger partial charge in [0, 0.05) is 38.0 Å². The van der Waals surface area contributed by atoms with Crippen molar-refractivity contribution in [3.63, 3.8) is 0 Å². The second-order valence-corrected chi connectivity index (χ2v) is 12.8. The van der Waals surface area contributed by atoms with E-state index >= 15 is 4.39 Å². The van der Waals surface area contributed by atoms with Gasteiger partial charge in [0.1, 0.15) is 5.82 Å². The Kier molecular flexibility index (Phi) is 7.01. The minimum Gasteiger partial charge on any atom is -0.205 e. The number of alkyl halides is 3. The predicted octanol–water partition coefficient (Wildman–Crippen LogP) is 10.6. The largest absolute Gasteiger partial charge is 0.205 e. The number of hydrogen-bond acceptors (Lipinski definition) is 0. The fourth-order valence-corrected chi connectivity index (χ4v) is 9.53. The molecule has 0 amide bonds. The Morgan fingerprint density at radius 3 is 1.56 bits per heavy atom. The Labute approximate surface area is 220 Å². The Morgan fingerprint density at radius 2 is 1.04 bits per heavy atom. The van der Waals surface area contributed by atoms with Crippen LogP contribution in [0.2, 0.25) is 0 Å². The summed E-state index contributed by atoms with van der Waals surface area (Å²) in [6, 6.07) is 0. The van der Waals surface area contributed by atoms with Gasteiger partial charge in [-0.1, -0.05) is 39.1 Å². The topological polar surface area (TPSA) is 0 Å². The van der Waals surface area contributed by atoms with Gasteiger partial charge in [0.05, 0.1) is 9.30 Å². The summed E-state index contributed by atoms with van der Waals surface area (Å²) in [6.45, 7) is 0. The van der Waals surface area contributed by atoms with E-state index < -0.39 is 10.2 Å².